The van der Waals surface area contributed by atoms with Crippen LogP contribution >= 0.6 is 12.4 Å². The molecule has 0 spiro atoms. The van der Waals surface area contributed by atoms with Crippen LogP contribution < -0.4 is 0 Å². The highest BCUT2D eigenvalue weighted by atomic mass is 35.5. The van der Waals surface area contributed by atoms with Crippen LogP contribution in [0.5, 0.6) is 0 Å². The van der Waals surface area contributed by atoms with Crippen molar-refractivity contribution in [2.24, 2.45) is 0 Å². The van der Waals surface area contributed by atoms with E-state index in [1.807, 2.05) is 0 Å². The molecule has 0 bridgehead atoms. The molecule has 1 fully saturated rings. The first-order valence-electron chi connectivity index (χ1n) is 6.54. The van der Waals surface area contributed by atoms with Gasteiger partial charge in [0, 0.05) is 6.04 Å². The van der Waals surface area contributed by atoms with Gasteiger partial charge in [0.1, 0.15) is 12.1 Å². The summed E-state index contributed by atoms with van der Waals surface area (Å²) < 4.78 is 13.0. The molecular formula is C15H21ClFNO. The molecule has 0 N–H and O–H groups in total. The number of aldehydes is 1. The summed E-state index contributed by atoms with van der Waals surface area (Å²) >= 11 is 0. The molecular weight excluding hydrogens is 265 g/mol. The molecule has 0 amide bonds. The van der Waals surface area contributed by atoms with E-state index in [-0.39, 0.29) is 18.2 Å². The Bertz CT molecular complexity index is 411. The van der Waals surface area contributed by atoms with Gasteiger partial charge in [0.15, 0.2) is 0 Å². The monoisotopic (exact) mass is 285 g/mol. The molecule has 0 saturated carbocycles. The second-order valence-electron chi connectivity index (χ2n) is 5.41. The Morgan fingerprint density at radius 3 is 2.16 bits per heavy atom. The highest BCUT2D eigenvalue weighted by molar-refractivity contribution is 5.85. The number of likely N-dealkylation sites (tertiary alicyclic amines) is 1. The third-order valence-electron chi connectivity index (χ3n) is 4.07. The Labute approximate surface area is 120 Å². The van der Waals surface area contributed by atoms with E-state index in [0.29, 0.717) is 6.04 Å². The van der Waals surface area contributed by atoms with Crippen molar-refractivity contribution in [1.29, 1.82) is 0 Å². The fraction of sp³-hybridized carbons (Fsp3) is 0.533. The van der Waals surface area contributed by atoms with Gasteiger partial charge in [0.25, 0.3) is 0 Å². The molecule has 0 radical (unpaired) electrons. The van der Waals surface area contributed by atoms with Gasteiger partial charge in [0.05, 0.1) is 5.41 Å². The topological polar surface area (TPSA) is 20.3 Å². The molecule has 106 valence electrons. The highest BCUT2D eigenvalue weighted by Gasteiger charge is 2.36. The lowest BCUT2D eigenvalue weighted by atomic mass is 9.74. The van der Waals surface area contributed by atoms with E-state index >= 15 is 0 Å². The summed E-state index contributed by atoms with van der Waals surface area (Å²) in [5, 5.41) is 0. The van der Waals surface area contributed by atoms with E-state index in [2.05, 4.69) is 18.7 Å². The van der Waals surface area contributed by atoms with Gasteiger partial charge in [-0.15, -0.1) is 12.4 Å². The molecule has 0 atom stereocenters. The van der Waals surface area contributed by atoms with Crippen molar-refractivity contribution in [3.05, 3.63) is 35.6 Å². The first-order valence-corrected chi connectivity index (χ1v) is 6.54. The number of halogens is 2. The number of rotatable bonds is 3. The maximum absolute atomic E-state index is 13.0. The van der Waals surface area contributed by atoms with Crippen molar-refractivity contribution in [2.45, 2.75) is 38.1 Å². The largest absolute Gasteiger partial charge is 0.302 e. The quantitative estimate of drug-likeness (QED) is 0.795. The average molecular weight is 286 g/mol. The molecule has 2 rings (SSSR count). The molecule has 1 saturated heterocycles. The molecule has 0 unspecified atom stereocenters. The van der Waals surface area contributed by atoms with Crippen LogP contribution in [0.2, 0.25) is 0 Å². The van der Waals surface area contributed by atoms with E-state index in [1.165, 1.54) is 12.1 Å². The summed E-state index contributed by atoms with van der Waals surface area (Å²) in [6.45, 7) is 6.19. The maximum atomic E-state index is 13.0. The number of nitrogens with zero attached hydrogens (tertiary/aromatic N) is 1. The molecule has 1 aromatic carbocycles. The first-order chi connectivity index (χ1) is 8.57. The van der Waals surface area contributed by atoms with Crippen LogP contribution in [0.3, 0.4) is 0 Å². The summed E-state index contributed by atoms with van der Waals surface area (Å²) in [5.41, 5.74) is 0.529. The zero-order chi connectivity index (χ0) is 13.2. The van der Waals surface area contributed by atoms with E-state index in [0.717, 1.165) is 37.8 Å². The summed E-state index contributed by atoms with van der Waals surface area (Å²) in [6.07, 6.45) is 2.69. The fourth-order valence-corrected chi connectivity index (χ4v) is 2.70. The number of benzene rings is 1. The van der Waals surface area contributed by atoms with Crippen LogP contribution in [0.4, 0.5) is 4.39 Å². The highest BCUT2D eigenvalue weighted by Crippen LogP contribution is 2.34. The Kier molecular flexibility index (Phi) is 5.50. The van der Waals surface area contributed by atoms with Gasteiger partial charge >= 0.3 is 0 Å². The number of hydrogen-bond acceptors (Lipinski definition) is 2. The van der Waals surface area contributed by atoms with Crippen molar-refractivity contribution in [2.75, 3.05) is 13.1 Å². The second-order valence-corrected chi connectivity index (χ2v) is 5.41. The van der Waals surface area contributed by atoms with Crippen molar-refractivity contribution in [1.82, 2.24) is 4.90 Å². The van der Waals surface area contributed by atoms with E-state index in [4.69, 9.17) is 0 Å². The van der Waals surface area contributed by atoms with Gasteiger partial charge in [0.2, 0.25) is 0 Å². The molecule has 19 heavy (non-hydrogen) atoms. The van der Waals surface area contributed by atoms with E-state index < -0.39 is 5.41 Å². The zero-order valence-electron chi connectivity index (χ0n) is 11.4. The van der Waals surface area contributed by atoms with Gasteiger partial charge in [-0.3, -0.25) is 0 Å². The summed E-state index contributed by atoms with van der Waals surface area (Å²) in [6, 6.07) is 6.89. The van der Waals surface area contributed by atoms with Gasteiger partial charge in [-0.1, -0.05) is 12.1 Å². The summed E-state index contributed by atoms with van der Waals surface area (Å²) in [7, 11) is 0. The van der Waals surface area contributed by atoms with Gasteiger partial charge < -0.3 is 9.69 Å². The zero-order valence-corrected chi connectivity index (χ0v) is 12.3. The van der Waals surface area contributed by atoms with Crippen LogP contribution in [-0.4, -0.2) is 30.3 Å². The molecule has 1 aromatic rings. The van der Waals surface area contributed by atoms with Crippen molar-refractivity contribution in [3.63, 3.8) is 0 Å². The third-order valence-corrected chi connectivity index (χ3v) is 4.07. The summed E-state index contributed by atoms with van der Waals surface area (Å²) in [5.74, 6) is -0.251. The second kappa shape index (κ2) is 6.49. The molecule has 1 aliphatic heterocycles. The Morgan fingerprint density at radius 1 is 1.21 bits per heavy atom. The van der Waals surface area contributed by atoms with Crippen LogP contribution in [-0.2, 0) is 10.2 Å². The Balaban J connectivity index is 0.00000180. The van der Waals surface area contributed by atoms with Gasteiger partial charge in [-0.05, 0) is 57.5 Å². The van der Waals surface area contributed by atoms with E-state index in [9.17, 15) is 9.18 Å². The van der Waals surface area contributed by atoms with Crippen molar-refractivity contribution >= 4 is 18.7 Å². The normalized spacial score (nSPS) is 18.9. The lowest BCUT2D eigenvalue weighted by Crippen LogP contribution is -2.46. The minimum atomic E-state index is -0.418. The third kappa shape index (κ3) is 3.34. The van der Waals surface area contributed by atoms with Crippen LogP contribution in [0.25, 0.3) is 0 Å². The standard InChI is InChI=1S/C15H20FNO.ClH/c1-12(2)17-9-7-15(11-18,8-10-17)13-3-5-14(16)6-4-13;/h3-6,11-12H,7-10H2,1-2H3;1H. The van der Waals surface area contributed by atoms with Crippen molar-refractivity contribution in [3.8, 4) is 0 Å². The lowest BCUT2D eigenvalue weighted by Gasteiger charge is -2.40. The predicted molar refractivity (Wildman–Crippen MR) is 77.3 cm³/mol. The number of piperidine rings is 1. The minimum Gasteiger partial charge on any atom is -0.302 e. The maximum Gasteiger partial charge on any atom is 0.130 e. The predicted octanol–water partition coefficient (Wildman–Crippen LogP) is 3.19. The lowest BCUT2D eigenvalue weighted by molar-refractivity contribution is -0.114. The average Bonchev–Trinajstić information content (AvgIpc) is 2.39. The number of hydrogen-bond donors (Lipinski definition) is 0. The SMILES string of the molecule is CC(C)N1CCC(C=O)(c2ccc(F)cc2)CC1.Cl. The molecule has 1 aliphatic rings. The molecule has 2 nitrogen and oxygen atoms in total. The van der Waals surface area contributed by atoms with Crippen LogP contribution in [0.1, 0.15) is 32.3 Å². The van der Waals surface area contributed by atoms with Gasteiger partial charge in [-0.25, -0.2) is 4.39 Å². The minimum absolute atomic E-state index is 0. The Morgan fingerprint density at radius 2 is 1.74 bits per heavy atom. The molecule has 0 aliphatic carbocycles. The van der Waals surface area contributed by atoms with Crippen LogP contribution in [0, 0.1) is 5.82 Å². The molecule has 4 heteroatoms. The fourth-order valence-electron chi connectivity index (χ4n) is 2.70. The number of carbonyl (C=O) groups excluding carboxylic acids is 1. The molecule has 1 heterocycles. The first kappa shape index (κ1) is 16.1. The van der Waals surface area contributed by atoms with Gasteiger partial charge in [-0.2, -0.15) is 0 Å². The van der Waals surface area contributed by atoms with E-state index in [1.54, 1.807) is 12.1 Å². The smallest absolute Gasteiger partial charge is 0.130 e. The Hall–Kier alpha value is -0.930. The summed E-state index contributed by atoms with van der Waals surface area (Å²) in [4.78, 5) is 13.9. The number of carbonyl (C=O) groups is 1. The van der Waals surface area contributed by atoms with Crippen molar-refractivity contribution < 1.29 is 9.18 Å². The molecule has 0 aromatic heterocycles. The van der Waals surface area contributed by atoms with Crippen LogP contribution in [0.15, 0.2) is 24.3 Å².